The predicted molar refractivity (Wildman–Crippen MR) is 112 cm³/mol. The first-order valence-electron chi connectivity index (χ1n) is 10.4. The monoisotopic (exact) mass is 391 g/mol. The van der Waals surface area contributed by atoms with Gasteiger partial charge in [0.05, 0.1) is 12.8 Å². The van der Waals surface area contributed by atoms with E-state index < -0.39 is 0 Å². The number of nitrogens with one attached hydrogen (secondary N) is 2. The first-order chi connectivity index (χ1) is 13.2. The summed E-state index contributed by atoms with van der Waals surface area (Å²) in [6.07, 6.45) is 4.38. The molecule has 5 heterocycles. The molecule has 4 aliphatic rings. The molecule has 4 saturated heterocycles. The Labute approximate surface area is 168 Å². The zero-order valence-electron chi connectivity index (χ0n) is 16.4. The number of hydrogen-bond donors (Lipinski definition) is 2. The van der Waals surface area contributed by atoms with E-state index in [9.17, 15) is 0 Å². The van der Waals surface area contributed by atoms with E-state index in [1.165, 1.54) is 58.7 Å². The standard InChI is InChI=1S/C20H33N5OS/c1-23-6-8-24(9-7-23)14-17-15-25-5-4-16(17)11-18(25)12-21-20(27)22-13-19-3-2-10-26-19/h2-3,10,16-18H,4-9,11-15H2,1H3,(H2,21,22,27). The van der Waals surface area contributed by atoms with Gasteiger partial charge in [-0.3, -0.25) is 4.90 Å². The lowest BCUT2D eigenvalue weighted by atomic mass is 9.75. The number of hydrogen-bond acceptors (Lipinski definition) is 5. The number of likely N-dealkylation sites (N-methyl/N-ethyl adjacent to an activating group) is 1. The number of piperazine rings is 1. The summed E-state index contributed by atoms with van der Waals surface area (Å²) in [5.41, 5.74) is 0. The summed E-state index contributed by atoms with van der Waals surface area (Å²) < 4.78 is 5.33. The molecule has 6 nitrogen and oxygen atoms in total. The van der Waals surface area contributed by atoms with Gasteiger partial charge in [0.1, 0.15) is 5.76 Å². The van der Waals surface area contributed by atoms with Gasteiger partial charge in [0.15, 0.2) is 5.11 Å². The van der Waals surface area contributed by atoms with Crippen molar-refractivity contribution < 1.29 is 4.42 Å². The van der Waals surface area contributed by atoms with Crippen LogP contribution in [0.4, 0.5) is 0 Å². The van der Waals surface area contributed by atoms with Gasteiger partial charge in [0, 0.05) is 51.9 Å². The molecule has 1 aromatic heterocycles. The molecule has 4 fully saturated rings. The molecular weight excluding hydrogens is 358 g/mol. The van der Waals surface area contributed by atoms with Crippen LogP contribution in [-0.2, 0) is 6.54 Å². The molecule has 2 bridgehead atoms. The van der Waals surface area contributed by atoms with E-state index in [-0.39, 0.29) is 0 Å². The fourth-order valence-corrected chi connectivity index (χ4v) is 5.04. The molecule has 4 aliphatic heterocycles. The van der Waals surface area contributed by atoms with E-state index in [1.807, 2.05) is 12.1 Å². The normalized spacial score (nSPS) is 31.7. The van der Waals surface area contributed by atoms with E-state index in [2.05, 4.69) is 32.4 Å². The molecule has 0 spiro atoms. The minimum Gasteiger partial charge on any atom is -0.467 e. The van der Waals surface area contributed by atoms with Crippen LogP contribution >= 0.6 is 12.2 Å². The average Bonchev–Trinajstić information content (AvgIpc) is 3.21. The van der Waals surface area contributed by atoms with Crippen molar-refractivity contribution in [3.63, 3.8) is 0 Å². The first-order valence-corrected chi connectivity index (χ1v) is 10.8. The smallest absolute Gasteiger partial charge is 0.166 e. The van der Waals surface area contributed by atoms with E-state index in [4.69, 9.17) is 16.6 Å². The summed E-state index contributed by atoms with van der Waals surface area (Å²) in [5, 5.41) is 7.38. The van der Waals surface area contributed by atoms with Crippen LogP contribution in [0, 0.1) is 11.8 Å². The Morgan fingerprint density at radius 1 is 1.22 bits per heavy atom. The number of thiocarbonyl (C=S) groups is 1. The maximum atomic E-state index is 5.43. The Balaban J connectivity index is 1.19. The van der Waals surface area contributed by atoms with Gasteiger partial charge in [-0.05, 0) is 62.6 Å². The lowest BCUT2D eigenvalue weighted by Crippen LogP contribution is -2.59. The highest BCUT2D eigenvalue weighted by atomic mass is 32.1. The van der Waals surface area contributed by atoms with Crippen LogP contribution in [0.3, 0.4) is 0 Å². The summed E-state index contributed by atoms with van der Waals surface area (Å²) in [6, 6.07) is 4.48. The van der Waals surface area contributed by atoms with Crippen molar-refractivity contribution in [3.05, 3.63) is 24.2 Å². The van der Waals surface area contributed by atoms with Crippen molar-refractivity contribution >= 4 is 17.3 Å². The van der Waals surface area contributed by atoms with Crippen LogP contribution in [0.15, 0.2) is 22.8 Å². The molecule has 1 aromatic rings. The molecule has 0 saturated carbocycles. The van der Waals surface area contributed by atoms with Crippen LogP contribution in [0.2, 0.25) is 0 Å². The molecule has 5 rings (SSSR count). The SMILES string of the molecule is CN1CCN(CC2CN3CCC2CC3CNC(=S)NCc2ccco2)CC1. The second kappa shape index (κ2) is 8.90. The zero-order chi connectivity index (χ0) is 18.6. The third-order valence-electron chi connectivity index (χ3n) is 6.60. The van der Waals surface area contributed by atoms with Crippen LogP contribution < -0.4 is 10.6 Å². The molecule has 0 amide bonds. The second-order valence-electron chi connectivity index (χ2n) is 8.44. The van der Waals surface area contributed by atoms with Gasteiger partial charge < -0.3 is 24.9 Å². The Morgan fingerprint density at radius 3 is 2.78 bits per heavy atom. The largest absolute Gasteiger partial charge is 0.467 e. The highest BCUT2D eigenvalue weighted by molar-refractivity contribution is 7.80. The average molecular weight is 392 g/mol. The van der Waals surface area contributed by atoms with Gasteiger partial charge in [-0.15, -0.1) is 0 Å². The summed E-state index contributed by atoms with van der Waals surface area (Å²) in [6.45, 7) is 10.3. The molecule has 4 unspecified atom stereocenters. The van der Waals surface area contributed by atoms with Crippen molar-refractivity contribution in [1.29, 1.82) is 0 Å². The topological polar surface area (TPSA) is 46.9 Å². The van der Waals surface area contributed by atoms with Crippen LogP contribution in [0.1, 0.15) is 18.6 Å². The summed E-state index contributed by atoms with van der Waals surface area (Å²) >= 11 is 5.43. The third-order valence-corrected chi connectivity index (χ3v) is 6.89. The number of fused-ring (bicyclic) bond motifs is 3. The van der Waals surface area contributed by atoms with Gasteiger partial charge in [-0.25, -0.2) is 0 Å². The summed E-state index contributed by atoms with van der Waals surface area (Å²) in [4.78, 5) is 7.83. The van der Waals surface area contributed by atoms with E-state index in [1.54, 1.807) is 6.26 Å². The van der Waals surface area contributed by atoms with Crippen molar-refractivity contribution in [1.82, 2.24) is 25.3 Å². The predicted octanol–water partition coefficient (Wildman–Crippen LogP) is 1.20. The molecule has 2 N–H and O–H groups in total. The quantitative estimate of drug-likeness (QED) is 0.707. The molecule has 4 atom stereocenters. The zero-order valence-corrected chi connectivity index (χ0v) is 17.2. The molecule has 150 valence electrons. The van der Waals surface area contributed by atoms with Crippen LogP contribution in [0.5, 0.6) is 0 Å². The molecule has 0 aliphatic carbocycles. The van der Waals surface area contributed by atoms with Crippen molar-refractivity contribution in [3.8, 4) is 0 Å². The highest BCUT2D eigenvalue weighted by Gasteiger charge is 2.40. The number of piperidine rings is 3. The molecule has 7 heteroatoms. The number of nitrogens with zero attached hydrogens (tertiary/aromatic N) is 3. The number of furan rings is 1. The van der Waals surface area contributed by atoms with Crippen molar-refractivity contribution in [2.75, 3.05) is 59.4 Å². The highest BCUT2D eigenvalue weighted by Crippen LogP contribution is 2.36. The Kier molecular flexibility index (Phi) is 6.32. The Morgan fingerprint density at radius 2 is 2.07 bits per heavy atom. The fraction of sp³-hybridized carbons (Fsp3) is 0.750. The minimum absolute atomic E-state index is 0.621. The Hall–Kier alpha value is -1.15. The molecule has 27 heavy (non-hydrogen) atoms. The van der Waals surface area contributed by atoms with Gasteiger partial charge in [-0.2, -0.15) is 0 Å². The summed E-state index contributed by atoms with van der Waals surface area (Å²) in [5.74, 6) is 2.64. The number of rotatable bonds is 6. The van der Waals surface area contributed by atoms with Crippen molar-refractivity contribution in [2.24, 2.45) is 11.8 Å². The van der Waals surface area contributed by atoms with Gasteiger partial charge in [0.25, 0.3) is 0 Å². The Bertz CT molecular complexity index is 602. The maximum absolute atomic E-state index is 5.43. The van der Waals surface area contributed by atoms with E-state index in [0.29, 0.717) is 12.6 Å². The second-order valence-corrected chi connectivity index (χ2v) is 8.85. The van der Waals surface area contributed by atoms with E-state index in [0.717, 1.165) is 29.3 Å². The third kappa shape index (κ3) is 5.02. The van der Waals surface area contributed by atoms with Crippen molar-refractivity contribution in [2.45, 2.75) is 25.4 Å². The van der Waals surface area contributed by atoms with Crippen LogP contribution in [-0.4, -0.2) is 85.3 Å². The fourth-order valence-electron chi connectivity index (χ4n) is 4.88. The molecule has 0 aromatic carbocycles. The first kappa shape index (κ1) is 19.2. The maximum Gasteiger partial charge on any atom is 0.166 e. The van der Waals surface area contributed by atoms with Gasteiger partial charge >= 0.3 is 0 Å². The molecule has 0 radical (unpaired) electrons. The minimum atomic E-state index is 0.621. The molecular formula is C20H33N5OS. The van der Waals surface area contributed by atoms with Crippen LogP contribution in [0.25, 0.3) is 0 Å². The van der Waals surface area contributed by atoms with Gasteiger partial charge in [0.2, 0.25) is 0 Å². The van der Waals surface area contributed by atoms with E-state index >= 15 is 0 Å². The van der Waals surface area contributed by atoms with Gasteiger partial charge in [-0.1, -0.05) is 0 Å². The summed E-state index contributed by atoms with van der Waals surface area (Å²) in [7, 11) is 2.23. The lowest BCUT2D eigenvalue weighted by molar-refractivity contribution is -0.0152. The lowest BCUT2D eigenvalue weighted by Gasteiger charge is -2.51.